The summed E-state index contributed by atoms with van der Waals surface area (Å²) in [6.07, 6.45) is 1.16. The molecule has 1 aromatic carbocycles. The van der Waals surface area contributed by atoms with Gasteiger partial charge in [0.2, 0.25) is 0 Å². The largest absolute Gasteiger partial charge is 0.498 e. The van der Waals surface area contributed by atoms with Gasteiger partial charge in [-0.25, -0.2) is 12.8 Å². The fourth-order valence-corrected chi connectivity index (χ4v) is 3.19. The Balaban J connectivity index is 2.35. The summed E-state index contributed by atoms with van der Waals surface area (Å²) in [5.74, 6) is 0.273. The second-order valence-electron chi connectivity index (χ2n) is 7.07. The number of halogens is 1. The summed E-state index contributed by atoms with van der Waals surface area (Å²) in [6.45, 7) is 6.99. The molecule has 0 saturated carbocycles. The van der Waals surface area contributed by atoms with Crippen molar-refractivity contribution in [3.8, 4) is 5.75 Å². The standard InChI is InChI=1S/C16H24BFO5S/c1-15(2)16(3,4)23-17(22-15)13-7-6-12(11-24(5,19)20)10-14(13)21-9-8-18/h6-7,10H,8-9,11H2,1-5H3. The Morgan fingerprint density at radius 2 is 1.75 bits per heavy atom. The highest BCUT2D eigenvalue weighted by Crippen LogP contribution is 2.37. The van der Waals surface area contributed by atoms with E-state index >= 15 is 0 Å². The van der Waals surface area contributed by atoms with Gasteiger partial charge in [0.15, 0.2) is 9.84 Å². The predicted molar refractivity (Wildman–Crippen MR) is 92.2 cm³/mol. The lowest BCUT2D eigenvalue weighted by atomic mass is 9.78. The second kappa shape index (κ2) is 6.65. The quantitative estimate of drug-likeness (QED) is 0.727. The fourth-order valence-electron chi connectivity index (χ4n) is 2.41. The summed E-state index contributed by atoms with van der Waals surface area (Å²) in [5.41, 5.74) is 0.173. The van der Waals surface area contributed by atoms with E-state index in [1.165, 1.54) is 0 Å². The minimum atomic E-state index is -3.18. The molecule has 0 atom stereocenters. The van der Waals surface area contributed by atoms with Gasteiger partial charge in [0, 0.05) is 11.7 Å². The van der Waals surface area contributed by atoms with Gasteiger partial charge in [-0.1, -0.05) is 12.1 Å². The Morgan fingerprint density at radius 1 is 1.17 bits per heavy atom. The van der Waals surface area contributed by atoms with Crippen molar-refractivity contribution in [2.45, 2.75) is 44.6 Å². The third-order valence-corrected chi connectivity index (χ3v) is 5.21. The molecule has 0 bridgehead atoms. The first-order chi connectivity index (χ1) is 11.0. The van der Waals surface area contributed by atoms with Crippen molar-refractivity contribution < 1.29 is 26.9 Å². The minimum absolute atomic E-state index is 0.108. The number of hydrogen-bond acceptors (Lipinski definition) is 5. The van der Waals surface area contributed by atoms with Crippen molar-refractivity contribution in [1.29, 1.82) is 0 Å². The van der Waals surface area contributed by atoms with Gasteiger partial charge in [0.05, 0.1) is 17.0 Å². The molecule has 1 fully saturated rings. The van der Waals surface area contributed by atoms with Gasteiger partial charge < -0.3 is 14.0 Å². The number of sulfone groups is 1. The monoisotopic (exact) mass is 358 g/mol. The maximum Gasteiger partial charge on any atom is 0.498 e. The molecular formula is C16H24BFO5S. The first-order valence-electron chi connectivity index (χ1n) is 7.80. The van der Waals surface area contributed by atoms with E-state index < -0.39 is 34.8 Å². The molecule has 134 valence electrons. The Hall–Kier alpha value is -1.12. The first kappa shape index (κ1) is 19.2. The lowest BCUT2D eigenvalue weighted by molar-refractivity contribution is 0.00578. The van der Waals surface area contributed by atoms with E-state index in [4.69, 9.17) is 14.0 Å². The molecule has 24 heavy (non-hydrogen) atoms. The van der Waals surface area contributed by atoms with Crippen molar-refractivity contribution in [3.05, 3.63) is 23.8 Å². The predicted octanol–water partition coefficient (Wildman–Crippen LogP) is 1.88. The van der Waals surface area contributed by atoms with E-state index in [1.54, 1.807) is 18.2 Å². The zero-order valence-electron chi connectivity index (χ0n) is 14.8. The van der Waals surface area contributed by atoms with Crippen molar-refractivity contribution in [2.24, 2.45) is 0 Å². The molecule has 0 aliphatic carbocycles. The van der Waals surface area contributed by atoms with Crippen LogP contribution in [-0.4, -0.2) is 46.3 Å². The highest BCUT2D eigenvalue weighted by Gasteiger charge is 2.52. The van der Waals surface area contributed by atoms with Crippen LogP contribution in [0.5, 0.6) is 5.75 Å². The number of ether oxygens (including phenoxy) is 1. The molecule has 0 spiro atoms. The molecule has 1 heterocycles. The van der Waals surface area contributed by atoms with Crippen LogP contribution in [0.25, 0.3) is 0 Å². The Morgan fingerprint density at radius 3 is 2.25 bits per heavy atom. The smallest absolute Gasteiger partial charge is 0.491 e. The van der Waals surface area contributed by atoms with Gasteiger partial charge in [-0.15, -0.1) is 0 Å². The van der Waals surface area contributed by atoms with Crippen LogP contribution in [0.2, 0.25) is 0 Å². The third-order valence-electron chi connectivity index (χ3n) is 4.35. The molecule has 0 amide bonds. The van der Waals surface area contributed by atoms with Crippen LogP contribution in [0.1, 0.15) is 33.3 Å². The Bertz CT molecular complexity index is 686. The van der Waals surface area contributed by atoms with Gasteiger partial charge in [-0.2, -0.15) is 0 Å². The summed E-state index contributed by atoms with van der Waals surface area (Å²) in [5, 5.41) is 0. The molecular weight excluding hydrogens is 334 g/mol. The van der Waals surface area contributed by atoms with Crippen LogP contribution in [0.4, 0.5) is 4.39 Å². The average molecular weight is 358 g/mol. The molecule has 0 radical (unpaired) electrons. The number of alkyl halides is 1. The van der Waals surface area contributed by atoms with E-state index in [0.29, 0.717) is 16.8 Å². The molecule has 0 aromatic heterocycles. The van der Waals surface area contributed by atoms with E-state index in [0.717, 1.165) is 6.26 Å². The molecule has 1 aliphatic heterocycles. The number of rotatable bonds is 6. The molecule has 0 unspecified atom stereocenters. The van der Waals surface area contributed by atoms with Crippen LogP contribution in [0, 0.1) is 0 Å². The molecule has 8 heteroatoms. The van der Waals surface area contributed by atoms with Crippen molar-refractivity contribution >= 4 is 22.4 Å². The van der Waals surface area contributed by atoms with Gasteiger partial charge in [0.1, 0.15) is 19.0 Å². The third kappa shape index (κ3) is 4.29. The summed E-state index contributed by atoms with van der Waals surface area (Å²) >= 11 is 0. The SMILES string of the molecule is CC1(C)OB(c2ccc(CS(C)(=O)=O)cc2OCCF)OC1(C)C. The first-order valence-corrected chi connectivity index (χ1v) is 9.86. The van der Waals surface area contributed by atoms with Crippen LogP contribution in [0.3, 0.4) is 0 Å². The summed E-state index contributed by atoms with van der Waals surface area (Å²) in [6, 6.07) is 5.02. The Kier molecular flexibility index (Phi) is 5.32. The van der Waals surface area contributed by atoms with Crippen molar-refractivity contribution in [2.75, 3.05) is 19.5 Å². The minimum Gasteiger partial charge on any atom is -0.491 e. The van der Waals surface area contributed by atoms with Crippen molar-refractivity contribution in [3.63, 3.8) is 0 Å². The summed E-state index contributed by atoms with van der Waals surface area (Å²) in [7, 11) is -3.83. The van der Waals surface area contributed by atoms with Crippen molar-refractivity contribution in [1.82, 2.24) is 0 Å². The van der Waals surface area contributed by atoms with E-state index in [1.807, 2.05) is 27.7 Å². The number of benzene rings is 1. The molecule has 2 rings (SSSR count). The van der Waals surface area contributed by atoms with Crippen LogP contribution < -0.4 is 10.2 Å². The van der Waals surface area contributed by atoms with Gasteiger partial charge in [-0.05, 0) is 39.3 Å². The molecule has 1 aromatic rings. The molecule has 0 N–H and O–H groups in total. The zero-order chi connectivity index (χ0) is 18.2. The molecule has 1 aliphatic rings. The molecule has 5 nitrogen and oxygen atoms in total. The topological polar surface area (TPSA) is 61.8 Å². The fraction of sp³-hybridized carbons (Fsp3) is 0.625. The number of hydrogen-bond donors (Lipinski definition) is 0. The lowest BCUT2D eigenvalue weighted by Gasteiger charge is -2.32. The summed E-state index contributed by atoms with van der Waals surface area (Å²) < 4.78 is 53.0. The van der Waals surface area contributed by atoms with Gasteiger partial charge in [0.25, 0.3) is 0 Å². The second-order valence-corrected chi connectivity index (χ2v) is 9.21. The van der Waals surface area contributed by atoms with E-state index in [2.05, 4.69) is 0 Å². The lowest BCUT2D eigenvalue weighted by Crippen LogP contribution is -2.41. The van der Waals surface area contributed by atoms with E-state index in [9.17, 15) is 12.8 Å². The normalized spacial score (nSPS) is 19.5. The zero-order valence-corrected chi connectivity index (χ0v) is 15.6. The van der Waals surface area contributed by atoms with Gasteiger partial charge in [-0.3, -0.25) is 0 Å². The summed E-state index contributed by atoms with van der Waals surface area (Å²) in [4.78, 5) is 0. The molecule has 1 saturated heterocycles. The van der Waals surface area contributed by atoms with E-state index in [-0.39, 0.29) is 12.4 Å². The maximum atomic E-state index is 12.5. The van der Waals surface area contributed by atoms with Crippen LogP contribution >= 0.6 is 0 Å². The Labute approximate surface area is 143 Å². The highest BCUT2D eigenvalue weighted by molar-refractivity contribution is 7.89. The van der Waals surface area contributed by atoms with Crippen LogP contribution in [-0.2, 0) is 24.9 Å². The maximum absolute atomic E-state index is 12.5. The highest BCUT2D eigenvalue weighted by atomic mass is 32.2. The van der Waals surface area contributed by atoms with Gasteiger partial charge >= 0.3 is 7.12 Å². The average Bonchev–Trinajstić information content (AvgIpc) is 2.63. The van der Waals surface area contributed by atoms with Crippen LogP contribution in [0.15, 0.2) is 18.2 Å².